The van der Waals surface area contributed by atoms with Gasteiger partial charge in [-0.1, -0.05) is 59.8 Å². The van der Waals surface area contributed by atoms with E-state index < -0.39 is 0 Å². The van der Waals surface area contributed by atoms with Crippen molar-refractivity contribution >= 4 is 23.4 Å². The predicted molar refractivity (Wildman–Crippen MR) is 107 cm³/mol. The van der Waals surface area contributed by atoms with Crippen LogP contribution in [0.4, 0.5) is 5.69 Å². The standard InChI is InChI=1S/C20H21N5OS/c1-12-8-10-15(11-9-12)17-18(27-20-23-22-14(3)25(20)24-17)19(26)21-16-7-5-4-6-13(16)2/h4-11,17-18,24H,1-3H3,(H,21,26)/t17-,18-/m1/s1. The molecule has 2 N–H and O–H groups in total. The van der Waals surface area contributed by atoms with Gasteiger partial charge in [0.05, 0.1) is 6.04 Å². The lowest BCUT2D eigenvalue weighted by molar-refractivity contribution is -0.116. The van der Waals surface area contributed by atoms with Gasteiger partial charge in [-0.3, -0.25) is 4.79 Å². The van der Waals surface area contributed by atoms with Gasteiger partial charge in [0, 0.05) is 5.69 Å². The molecule has 4 rings (SSSR count). The summed E-state index contributed by atoms with van der Waals surface area (Å²) in [6.07, 6.45) is 0. The van der Waals surface area contributed by atoms with E-state index >= 15 is 0 Å². The summed E-state index contributed by atoms with van der Waals surface area (Å²) >= 11 is 1.43. The largest absolute Gasteiger partial charge is 0.325 e. The monoisotopic (exact) mass is 379 g/mol. The summed E-state index contributed by atoms with van der Waals surface area (Å²) in [5.41, 5.74) is 7.52. The minimum absolute atomic E-state index is 0.0562. The number of para-hydroxylation sites is 1. The van der Waals surface area contributed by atoms with Crippen LogP contribution >= 0.6 is 11.8 Å². The summed E-state index contributed by atoms with van der Waals surface area (Å²) in [7, 11) is 0. The van der Waals surface area contributed by atoms with E-state index in [0.717, 1.165) is 22.6 Å². The Balaban J connectivity index is 1.68. The van der Waals surface area contributed by atoms with Crippen LogP contribution in [-0.4, -0.2) is 26.0 Å². The van der Waals surface area contributed by atoms with Crippen LogP contribution in [-0.2, 0) is 4.79 Å². The maximum absolute atomic E-state index is 13.2. The third-order valence-electron chi connectivity index (χ3n) is 4.70. The van der Waals surface area contributed by atoms with E-state index in [0.29, 0.717) is 5.16 Å². The Morgan fingerprint density at radius 1 is 1.07 bits per heavy atom. The van der Waals surface area contributed by atoms with Crippen LogP contribution < -0.4 is 10.7 Å². The Bertz CT molecular complexity index is 982. The van der Waals surface area contributed by atoms with E-state index in [2.05, 4.69) is 52.1 Å². The molecule has 0 saturated carbocycles. The Hall–Kier alpha value is -2.80. The van der Waals surface area contributed by atoms with Crippen molar-refractivity contribution in [2.45, 2.75) is 37.2 Å². The Morgan fingerprint density at radius 2 is 1.81 bits per heavy atom. The molecule has 6 nitrogen and oxygen atoms in total. The highest BCUT2D eigenvalue weighted by molar-refractivity contribution is 8.00. The van der Waals surface area contributed by atoms with Gasteiger partial charge in [-0.25, -0.2) is 4.68 Å². The summed E-state index contributed by atoms with van der Waals surface area (Å²) in [6, 6.07) is 15.8. The van der Waals surface area contributed by atoms with Gasteiger partial charge in [-0.15, -0.1) is 10.2 Å². The molecule has 3 aromatic rings. The highest BCUT2D eigenvalue weighted by atomic mass is 32.2. The predicted octanol–water partition coefficient (Wildman–Crippen LogP) is 3.60. The molecular formula is C20H21N5OS. The molecule has 1 aliphatic rings. The average molecular weight is 379 g/mol. The molecule has 2 aromatic carbocycles. The molecule has 1 aromatic heterocycles. The normalized spacial score (nSPS) is 18.5. The van der Waals surface area contributed by atoms with Crippen molar-refractivity contribution in [1.82, 2.24) is 14.9 Å². The fourth-order valence-corrected chi connectivity index (χ4v) is 4.23. The molecule has 2 heterocycles. The number of nitrogens with one attached hydrogen (secondary N) is 2. The number of nitrogens with zero attached hydrogens (tertiary/aromatic N) is 3. The number of carbonyl (C=O) groups is 1. The quantitative estimate of drug-likeness (QED) is 0.727. The number of hydrogen-bond acceptors (Lipinski definition) is 5. The first-order valence-electron chi connectivity index (χ1n) is 8.81. The molecule has 0 aliphatic carbocycles. The maximum Gasteiger partial charge on any atom is 0.240 e. The number of rotatable bonds is 3. The van der Waals surface area contributed by atoms with Crippen LogP contribution in [0.3, 0.4) is 0 Å². The van der Waals surface area contributed by atoms with Crippen molar-refractivity contribution < 1.29 is 4.79 Å². The zero-order chi connectivity index (χ0) is 19.0. The smallest absolute Gasteiger partial charge is 0.240 e. The van der Waals surface area contributed by atoms with Crippen molar-refractivity contribution in [3.8, 4) is 0 Å². The van der Waals surface area contributed by atoms with Gasteiger partial charge in [0.1, 0.15) is 11.1 Å². The van der Waals surface area contributed by atoms with Crippen LogP contribution in [0.15, 0.2) is 53.7 Å². The van der Waals surface area contributed by atoms with Crippen LogP contribution in [0.1, 0.15) is 28.6 Å². The minimum atomic E-state index is -0.372. The summed E-state index contributed by atoms with van der Waals surface area (Å²) < 4.78 is 1.85. The van der Waals surface area contributed by atoms with Crippen molar-refractivity contribution in [1.29, 1.82) is 0 Å². The van der Waals surface area contributed by atoms with Gasteiger partial charge in [-0.2, -0.15) is 0 Å². The number of amides is 1. The number of aromatic nitrogens is 3. The summed E-state index contributed by atoms with van der Waals surface area (Å²) in [4.78, 5) is 13.2. The number of hydrogen-bond donors (Lipinski definition) is 2. The fourth-order valence-electron chi connectivity index (χ4n) is 3.10. The van der Waals surface area contributed by atoms with Gasteiger partial charge in [0.15, 0.2) is 0 Å². The summed E-state index contributed by atoms with van der Waals surface area (Å²) in [5.74, 6) is 0.714. The van der Waals surface area contributed by atoms with Gasteiger partial charge >= 0.3 is 0 Å². The number of aryl methyl sites for hydroxylation is 3. The SMILES string of the molecule is Cc1ccc([C@H]2Nn3c(C)nnc3S[C@H]2C(=O)Nc2ccccc2C)cc1. The molecule has 138 valence electrons. The van der Waals surface area contributed by atoms with Crippen molar-refractivity contribution in [2.24, 2.45) is 0 Å². The molecule has 0 fully saturated rings. The second-order valence-corrected chi connectivity index (χ2v) is 7.83. The van der Waals surface area contributed by atoms with E-state index in [1.165, 1.54) is 17.3 Å². The van der Waals surface area contributed by atoms with E-state index in [9.17, 15) is 4.79 Å². The van der Waals surface area contributed by atoms with Crippen LogP contribution in [0.5, 0.6) is 0 Å². The lowest BCUT2D eigenvalue weighted by Gasteiger charge is -2.33. The first-order valence-corrected chi connectivity index (χ1v) is 9.69. The van der Waals surface area contributed by atoms with Crippen molar-refractivity contribution in [3.63, 3.8) is 0 Å². The molecule has 0 radical (unpaired) electrons. The minimum Gasteiger partial charge on any atom is -0.325 e. The lowest BCUT2D eigenvalue weighted by atomic mass is 10.0. The van der Waals surface area contributed by atoms with E-state index in [-0.39, 0.29) is 17.2 Å². The van der Waals surface area contributed by atoms with Crippen molar-refractivity contribution in [2.75, 3.05) is 10.7 Å². The second-order valence-electron chi connectivity index (χ2n) is 6.73. The number of anilines is 1. The Morgan fingerprint density at radius 3 is 2.56 bits per heavy atom. The molecule has 0 bridgehead atoms. The molecule has 1 aliphatic heterocycles. The second kappa shape index (κ2) is 7.08. The fraction of sp³-hybridized carbons (Fsp3) is 0.250. The maximum atomic E-state index is 13.2. The Kier molecular flexibility index (Phi) is 4.61. The Labute approximate surface area is 162 Å². The van der Waals surface area contributed by atoms with Gasteiger partial charge in [0.25, 0.3) is 0 Å². The zero-order valence-electron chi connectivity index (χ0n) is 15.4. The number of thioether (sulfide) groups is 1. The molecule has 1 amide bonds. The molecule has 0 unspecified atom stereocenters. The van der Waals surface area contributed by atoms with Gasteiger partial charge in [0.2, 0.25) is 11.1 Å². The first kappa shape index (κ1) is 17.6. The highest BCUT2D eigenvalue weighted by Gasteiger charge is 2.37. The summed E-state index contributed by atoms with van der Waals surface area (Å²) in [5, 5.41) is 11.7. The van der Waals surface area contributed by atoms with Gasteiger partial charge in [-0.05, 0) is 38.0 Å². The molecule has 0 spiro atoms. The molecule has 2 atom stereocenters. The van der Waals surface area contributed by atoms with Gasteiger partial charge < -0.3 is 10.7 Å². The molecule has 27 heavy (non-hydrogen) atoms. The summed E-state index contributed by atoms with van der Waals surface area (Å²) in [6.45, 7) is 5.93. The van der Waals surface area contributed by atoms with Crippen LogP contribution in [0.2, 0.25) is 0 Å². The van der Waals surface area contributed by atoms with Crippen molar-refractivity contribution in [3.05, 3.63) is 71.0 Å². The third kappa shape index (κ3) is 3.42. The highest BCUT2D eigenvalue weighted by Crippen LogP contribution is 2.37. The van der Waals surface area contributed by atoms with Crippen LogP contribution in [0.25, 0.3) is 0 Å². The van der Waals surface area contributed by atoms with E-state index in [1.54, 1.807) is 0 Å². The molecule has 0 saturated heterocycles. The average Bonchev–Trinajstić information content (AvgIpc) is 3.03. The number of fused-ring (bicyclic) bond motifs is 1. The van der Waals surface area contributed by atoms with Crippen LogP contribution in [0, 0.1) is 20.8 Å². The number of carbonyl (C=O) groups excluding carboxylic acids is 1. The van der Waals surface area contributed by atoms with E-state index in [1.807, 2.05) is 42.8 Å². The third-order valence-corrected chi connectivity index (χ3v) is 5.91. The number of benzene rings is 2. The zero-order valence-corrected chi connectivity index (χ0v) is 16.2. The topological polar surface area (TPSA) is 71.8 Å². The lowest BCUT2D eigenvalue weighted by Crippen LogP contribution is -2.41. The molecular weight excluding hydrogens is 358 g/mol. The first-order chi connectivity index (χ1) is 13.0. The van der Waals surface area contributed by atoms with E-state index in [4.69, 9.17) is 0 Å². The molecule has 7 heteroatoms.